The smallest absolute Gasteiger partial charge is 0.184 e. The average Bonchev–Trinajstić information content (AvgIpc) is 2.67. The third kappa shape index (κ3) is 4.54. The van der Waals surface area contributed by atoms with E-state index in [-0.39, 0.29) is 19.0 Å². The second-order valence-corrected chi connectivity index (χ2v) is 5.68. The highest BCUT2D eigenvalue weighted by Gasteiger charge is 2.35. The van der Waals surface area contributed by atoms with Crippen molar-refractivity contribution in [2.45, 2.75) is 25.1 Å². The summed E-state index contributed by atoms with van der Waals surface area (Å²) in [6.07, 6.45) is -0.395. The van der Waals surface area contributed by atoms with Crippen molar-refractivity contribution in [1.82, 2.24) is 0 Å². The first-order valence-corrected chi connectivity index (χ1v) is 8.10. The molecule has 0 radical (unpaired) electrons. The molecular formula is C20H20O5. The van der Waals surface area contributed by atoms with E-state index in [0.29, 0.717) is 6.29 Å². The molecule has 130 valence electrons. The lowest BCUT2D eigenvalue weighted by atomic mass is 10.1. The molecule has 3 rings (SSSR count). The molecule has 0 amide bonds. The number of carbonyl (C=O) groups excluding carboxylic acids is 1. The molecule has 1 heterocycles. The van der Waals surface area contributed by atoms with Gasteiger partial charge >= 0.3 is 0 Å². The Morgan fingerprint density at radius 3 is 2.48 bits per heavy atom. The van der Waals surface area contributed by atoms with Crippen LogP contribution >= 0.6 is 0 Å². The summed E-state index contributed by atoms with van der Waals surface area (Å²) < 4.78 is 17.2. The van der Waals surface area contributed by atoms with Crippen LogP contribution in [-0.4, -0.2) is 30.2 Å². The van der Waals surface area contributed by atoms with E-state index in [9.17, 15) is 9.90 Å². The van der Waals surface area contributed by atoms with Crippen molar-refractivity contribution in [2.75, 3.05) is 6.61 Å². The van der Waals surface area contributed by atoms with Crippen LogP contribution in [0.15, 0.2) is 72.5 Å². The van der Waals surface area contributed by atoms with Crippen LogP contribution in [-0.2, 0) is 25.6 Å². The number of hydrogen-bond acceptors (Lipinski definition) is 5. The minimum atomic E-state index is -0.915. The Balaban J connectivity index is 1.72. The number of carbonyl (C=O) groups is 1. The first-order valence-electron chi connectivity index (χ1n) is 8.10. The maximum atomic E-state index is 11.0. The number of ether oxygens (including phenoxy) is 3. The number of rotatable bonds is 6. The van der Waals surface area contributed by atoms with Gasteiger partial charge in [0.05, 0.1) is 6.61 Å². The molecule has 0 saturated carbocycles. The molecule has 1 N–H and O–H groups in total. The van der Waals surface area contributed by atoms with Gasteiger partial charge < -0.3 is 19.3 Å². The van der Waals surface area contributed by atoms with Gasteiger partial charge in [-0.3, -0.25) is 4.79 Å². The fourth-order valence-corrected chi connectivity index (χ4v) is 2.61. The van der Waals surface area contributed by atoms with Gasteiger partial charge in [0.25, 0.3) is 0 Å². The Bertz CT molecular complexity index is 699. The molecule has 5 nitrogen and oxygen atoms in total. The molecule has 0 spiro atoms. The third-order valence-electron chi connectivity index (χ3n) is 3.87. The molecule has 0 bridgehead atoms. The third-order valence-corrected chi connectivity index (χ3v) is 3.87. The summed E-state index contributed by atoms with van der Waals surface area (Å²) in [6, 6.07) is 19.0. The fraction of sp³-hybridized carbons (Fsp3) is 0.250. The van der Waals surface area contributed by atoms with Gasteiger partial charge in [0.15, 0.2) is 6.29 Å². The van der Waals surface area contributed by atoms with Gasteiger partial charge in [0.2, 0.25) is 0 Å². The zero-order valence-corrected chi connectivity index (χ0v) is 13.7. The topological polar surface area (TPSA) is 65.0 Å². The molecule has 2 aromatic rings. The average molecular weight is 340 g/mol. The van der Waals surface area contributed by atoms with Crippen LogP contribution in [0.5, 0.6) is 0 Å². The van der Waals surface area contributed by atoms with Crippen LogP contribution in [0.2, 0.25) is 0 Å². The van der Waals surface area contributed by atoms with E-state index < -0.39 is 18.5 Å². The Hall–Kier alpha value is -2.47. The Morgan fingerprint density at radius 1 is 1.12 bits per heavy atom. The zero-order chi connectivity index (χ0) is 17.5. The summed E-state index contributed by atoms with van der Waals surface area (Å²) in [6.45, 7) is 0.374. The number of allylic oxidation sites excluding steroid dienone is 1. The number of benzene rings is 2. The van der Waals surface area contributed by atoms with Crippen molar-refractivity contribution >= 4 is 6.29 Å². The second-order valence-electron chi connectivity index (χ2n) is 5.68. The zero-order valence-electron chi connectivity index (χ0n) is 13.7. The summed E-state index contributed by atoms with van der Waals surface area (Å²) in [7, 11) is 0. The Labute approximate surface area is 146 Å². The quantitative estimate of drug-likeness (QED) is 0.498. The molecule has 25 heavy (non-hydrogen) atoms. The second kappa shape index (κ2) is 8.58. The SMILES string of the molecule is O=C/C=C(/OCc1ccccc1)[C@@H]1OC(c2ccccc2)OC[C@H]1O. The standard InChI is InChI=1S/C20H20O5/c21-12-11-18(23-13-15-7-3-1-4-8-15)19-17(22)14-24-20(25-19)16-9-5-2-6-10-16/h1-12,17,19-20,22H,13-14H2/b18-11+/t17-,19-,20?/m1/s1. The Morgan fingerprint density at radius 2 is 1.80 bits per heavy atom. The van der Waals surface area contributed by atoms with Crippen LogP contribution in [0.1, 0.15) is 17.4 Å². The number of aliphatic hydroxyl groups excluding tert-OH is 1. The van der Waals surface area contributed by atoms with E-state index >= 15 is 0 Å². The highest BCUT2D eigenvalue weighted by molar-refractivity contribution is 5.65. The van der Waals surface area contributed by atoms with E-state index in [4.69, 9.17) is 14.2 Å². The summed E-state index contributed by atoms with van der Waals surface area (Å²) in [5, 5.41) is 10.2. The molecule has 1 unspecified atom stereocenters. The molecule has 5 heteroatoms. The maximum absolute atomic E-state index is 11.0. The van der Waals surface area contributed by atoms with E-state index in [1.165, 1.54) is 6.08 Å². The summed E-state index contributed by atoms with van der Waals surface area (Å²) in [5.74, 6) is 0.288. The predicted octanol–water partition coefficient (Wildman–Crippen LogP) is 2.76. The summed E-state index contributed by atoms with van der Waals surface area (Å²) in [5.41, 5.74) is 1.80. The maximum Gasteiger partial charge on any atom is 0.184 e. The van der Waals surface area contributed by atoms with Gasteiger partial charge in [-0.05, 0) is 5.56 Å². The van der Waals surface area contributed by atoms with Gasteiger partial charge in [0.1, 0.15) is 30.9 Å². The van der Waals surface area contributed by atoms with Crippen molar-refractivity contribution in [3.05, 3.63) is 83.6 Å². The van der Waals surface area contributed by atoms with Crippen molar-refractivity contribution in [1.29, 1.82) is 0 Å². The van der Waals surface area contributed by atoms with Gasteiger partial charge in [0, 0.05) is 11.6 Å². The van der Waals surface area contributed by atoms with Crippen LogP contribution in [0.25, 0.3) is 0 Å². The molecule has 3 atom stereocenters. The van der Waals surface area contributed by atoms with Gasteiger partial charge in [-0.15, -0.1) is 0 Å². The lowest BCUT2D eigenvalue weighted by Crippen LogP contribution is -2.42. The highest BCUT2D eigenvalue weighted by atomic mass is 16.7. The van der Waals surface area contributed by atoms with Crippen molar-refractivity contribution in [2.24, 2.45) is 0 Å². The van der Waals surface area contributed by atoms with E-state index in [0.717, 1.165) is 11.1 Å². The Kier molecular flexibility index (Phi) is 5.95. The molecular weight excluding hydrogens is 320 g/mol. The van der Waals surface area contributed by atoms with Crippen LogP contribution in [0, 0.1) is 0 Å². The monoisotopic (exact) mass is 340 g/mol. The van der Waals surface area contributed by atoms with Crippen LogP contribution in [0.3, 0.4) is 0 Å². The van der Waals surface area contributed by atoms with E-state index in [2.05, 4.69) is 0 Å². The molecule has 1 saturated heterocycles. The lowest BCUT2D eigenvalue weighted by Gasteiger charge is -2.35. The number of aliphatic hydroxyl groups is 1. The number of hydrogen-bond donors (Lipinski definition) is 1. The molecule has 0 aromatic heterocycles. The van der Waals surface area contributed by atoms with Crippen molar-refractivity contribution in [3.63, 3.8) is 0 Å². The molecule has 1 fully saturated rings. The predicted molar refractivity (Wildman–Crippen MR) is 91.4 cm³/mol. The normalized spacial score (nSPS) is 23.9. The van der Waals surface area contributed by atoms with E-state index in [1.807, 2.05) is 60.7 Å². The minimum absolute atomic E-state index is 0.0924. The highest BCUT2D eigenvalue weighted by Crippen LogP contribution is 2.30. The van der Waals surface area contributed by atoms with Gasteiger partial charge in [-0.25, -0.2) is 0 Å². The summed E-state index contributed by atoms with van der Waals surface area (Å²) in [4.78, 5) is 11.0. The molecule has 1 aliphatic rings. The van der Waals surface area contributed by atoms with Gasteiger partial charge in [-0.2, -0.15) is 0 Å². The van der Waals surface area contributed by atoms with Crippen molar-refractivity contribution in [3.8, 4) is 0 Å². The fourth-order valence-electron chi connectivity index (χ4n) is 2.61. The minimum Gasteiger partial charge on any atom is -0.490 e. The van der Waals surface area contributed by atoms with Crippen molar-refractivity contribution < 1.29 is 24.1 Å². The first kappa shape index (κ1) is 17.4. The van der Waals surface area contributed by atoms with E-state index in [1.54, 1.807) is 0 Å². The van der Waals surface area contributed by atoms with Crippen LogP contribution in [0.4, 0.5) is 0 Å². The molecule has 2 aromatic carbocycles. The largest absolute Gasteiger partial charge is 0.490 e. The lowest BCUT2D eigenvalue weighted by molar-refractivity contribution is -0.254. The first-order chi connectivity index (χ1) is 12.3. The van der Waals surface area contributed by atoms with Crippen LogP contribution < -0.4 is 0 Å². The number of aldehydes is 1. The summed E-state index contributed by atoms with van der Waals surface area (Å²) >= 11 is 0. The van der Waals surface area contributed by atoms with Gasteiger partial charge in [-0.1, -0.05) is 60.7 Å². The molecule has 1 aliphatic heterocycles. The molecule has 0 aliphatic carbocycles.